The molecule has 0 N–H and O–H groups in total. The lowest BCUT2D eigenvalue weighted by molar-refractivity contribution is -0.116. The van der Waals surface area contributed by atoms with E-state index >= 15 is 0 Å². The zero-order valence-corrected chi connectivity index (χ0v) is 10.2. The van der Waals surface area contributed by atoms with E-state index in [4.69, 9.17) is 25.8 Å². The molecule has 1 aromatic carbocycles. The zero-order valence-electron chi connectivity index (χ0n) is 9.44. The second-order valence-electron chi connectivity index (χ2n) is 3.85. The second kappa shape index (κ2) is 5.38. The van der Waals surface area contributed by atoms with Gasteiger partial charge in [0.05, 0.1) is 12.5 Å². The Morgan fingerprint density at radius 2 is 2.24 bits per heavy atom. The molecule has 1 unspecified atom stereocenters. The molecule has 1 aliphatic heterocycles. The van der Waals surface area contributed by atoms with Crippen LogP contribution < -0.4 is 9.47 Å². The van der Waals surface area contributed by atoms with Crippen LogP contribution in [0.25, 0.3) is 0 Å². The van der Waals surface area contributed by atoms with Crippen LogP contribution in [0.4, 0.5) is 0 Å². The summed E-state index contributed by atoms with van der Waals surface area (Å²) in [5.74, 6) is 1.11. The van der Waals surface area contributed by atoms with Crippen LogP contribution in [0.2, 0.25) is 0 Å². The lowest BCUT2D eigenvalue weighted by Crippen LogP contribution is -2.17. The van der Waals surface area contributed by atoms with E-state index in [0.29, 0.717) is 18.8 Å². The lowest BCUT2D eigenvalue weighted by Gasteiger charge is -2.11. The van der Waals surface area contributed by atoms with Gasteiger partial charge in [-0.25, -0.2) is 0 Å². The molecule has 0 aliphatic carbocycles. The molecule has 0 fully saturated rings. The summed E-state index contributed by atoms with van der Waals surface area (Å²) < 4.78 is 15.5. The number of hydrogen-bond acceptors (Lipinski definition) is 4. The third-order valence-electron chi connectivity index (χ3n) is 2.61. The highest BCUT2D eigenvalue weighted by molar-refractivity contribution is 6.64. The van der Waals surface area contributed by atoms with Crippen molar-refractivity contribution in [1.82, 2.24) is 0 Å². The number of methoxy groups -OCH3 is 1. The summed E-state index contributed by atoms with van der Waals surface area (Å²) >= 11 is 5.51. The average molecular weight is 257 g/mol. The van der Waals surface area contributed by atoms with Gasteiger partial charge in [-0.2, -0.15) is 0 Å². The Kier molecular flexibility index (Phi) is 3.86. The molecule has 1 atom stereocenters. The highest BCUT2D eigenvalue weighted by Crippen LogP contribution is 2.33. The first-order valence-electron chi connectivity index (χ1n) is 5.27. The van der Waals surface area contributed by atoms with Gasteiger partial charge in [-0.3, -0.25) is 4.79 Å². The third-order valence-corrected chi connectivity index (χ3v) is 2.92. The van der Waals surface area contributed by atoms with Crippen molar-refractivity contribution in [3.05, 3.63) is 23.8 Å². The quantitative estimate of drug-likeness (QED) is 0.756. The molecule has 0 spiro atoms. The van der Waals surface area contributed by atoms with Crippen LogP contribution in [0.15, 0.2) is 18.2 Å². The third kappa shape index (κ3) is 2.90. The van der Waals surface area contributed by atoms with Crippen LogP contribution in [0.1, 0.15) is 5.56 Å². The summed E-state index contributed by atoms with van der Waals surface area (Å²) in [5.41, 5.74) is 0.977. The molecule has 2 rings (SSSR count). The Morgan fingerprint density at radius 1 is 1.47 bits per heavy atom. The lowest BCUT2D eigenvalue weighted by atomic mass is 10.0. The maximum atomic E-state index is 11.2. The van der Waals surface area contributed by atoms with Crippen LogP contribution in [0, 0.1) is 5.92 Å². The molecule has 0 amide bonds. The molecule has 17 heavy (non-hydrogen) atoms. The summed E-state index contributed by atoms with van der Waals surface area (Å²) in [6.07, 6.45) is 0.535. The number of hydrogen-bond donors (Lipinski definition) is 0. The van der Waals surface area contributed by atoms with Gasteiger partial charge in [0.15, 0.2) is 11.5 Å². The second-order valence-corrected chi connectivity index (χ2v) is 4.22. The van der Waals surface area contributed by atoms with Gasteiger partial charge in [-0.15, -0.1) is 0 Å². The number of carbonyl (C=O) groups excluding carboxylic acids is 1. The topological polar surface area (TPSA) is 44.8 Å². The molecule has 92 valence electrons. The van der Waals surface area contributed by atoms with Crippen molar-refractivity contribution in [2.45, 2.75) is 6.42 Å². The molecule has 0 saturated heterocycles. The molecular weight excluding hydrogens is 244 g/mol. The molecule has 5 heteroatoms. The maximum Gasteiger partial charge on any atom is 0.231 e. The van der Waals surface area contributed by atoms with Crippen LogP contribution in [0.3, 0.4) is 0 Å². The molecule has 1 aromatic rings. The van der Waals surface area contributed by atoms with E-state index in [-0.39, 0.29) is 18.0 Å². The van der Waals surface area contributed by atoms with Gasteiger partial charge < -0.3 is 14.2 Å². The van der Waals surface area contributed by atoms with Gasteiger partial charge in [0.2, 0.25) is 12.0 Å². The molecular formula is C12H13ClO4. The van der Waals surface area contributed by atoms with E-state index in [9.17, 15) is 4.79 Å². The van der Waals surface area contributed by atoms with E-state index in [2.05, 4.69) is 0 Å². The molecule has 1 heterocycles. The predicted octanol–water partition coefficient (Wildman–Crippen LogP) is 1.99. The SMILES string of the molecule is COCC(Cc1ccc2c(c1)OCO2)C(=O)Cl. The summed E-state index contributed by atoms with van der Waals surface area (Å²) in [6.45, 7) is 0.561. The van der Waals surface area contributed by atoms with Gasteiger partial charge in [-0.05, 0) is 35.7 Å². The van der Waals surface area contributed by atoms with E-state index in [1.165, 1.54) is 0 Å². The first kappa shape index (κ1) is 12.2. The predicted molar refractivity (Wildman–Crippen MR) is 62.5 cm³/mol. The minimum absolute atomic E-state index is 0.245. The van der Waals surface area contributed by atoms with E-state index in [1.54, 1.807) is 7.11 Å². The van der Waals surface area contributed by atoms with E-state index < -0.39 is 0 Å². The highest BCUT2D eigenvalue weighted by atomic mass is 35.5. The van der Waals surface area contributed by atoms with Crippen molar-refractivity contribution >= 4 is 16.8 Å². The fourth-order valence-electron chi connectivity index (χ4n) is 1.76. The molecule has 1 aliphatic rings. The van der Waals surface area contributed by atoms with Crippen molar-refractivity contribution in [3.63, 3.8) is 0 Å². The summed E-state index contributed by atoms with van der Waals surface area (Å²) in [5, 5.41) is -0.385. The molecule has 0 bridgehead atoms. The Balaban J connectivity index is 2.09. The fourth-order valence-corrected chi connectivity index (χ4v) is 1.90. The van der Waals surface area contributed by atoms with Gasteiger partial charge in [0.25, 0.3) is 0 Å². The zero-order chi connectivity index (χ0) is 12.3. The summed E-state index contributed by atoms with van der Waals surface area (Å²) in [4.78, 5) is 11.2. The largest absolute Gasteiger partial charge is 0.454 e. The number of ether oxygens (including phenoxy) is 3. The standard InChI is InChI=1S/C12H13ClO4/c1-15-6-9(12(13)14)4-8-2-3-10-11(5-8)17-7-16-10/h2-3,5,9H,4,6-7H2,1H3. The molecule has 4 nitrogen and oxygen atoms in total. The van der Waals surface area contributed by atoms with E-state index in [1.807, 2.05) is 18.2 Å². The monoisotopic (exact) mass is 256 g/mol. The number of carbonyl (C=O) groups is 1. The number of benzene rings is 1. The number of rotatable bonds is 5. The highest BCUT2D eigenvalue weighted by Gasteiger charge is 2.19. The minimum Gasteiger partial charge on any atom is -0.454 e. The molecule has 0 aromatic heterocycles. The maximum absolute atomic E-state index is 11.2. The van der Waals surface area contributed by atoms with Crippen LogP contribution in [-0.4, -0.2) is 25.8 Å². The molecule has 0 radical (unpaired) electrons. The number of halogens is 1. The molecule has 0 saturated carbocycles. The normalized spacial score (nSPS) is 14.7. The van der Waals surface area contributed by atoms with Gasteiger partial charge >= 0.3 is 0 Å². The van der Waals surface area contributed by atoms with Crippen LogP contribution in [-0.2, 0) is 16.0 Å². The number of fused-ring (bicyclic) bond motifs is 1. The van der Waals surface area contributed by atoms with E-state index in [0.717, 1.165) is 11.3 Å². The van der Waals surface area contributed by atoms with Crippen molar-refractivity contribution in [2.24, 2.45) is 5.92 Å². The summed E-state index contributed by atoms with van der Waals surface area (Å²) in [6, 6.07) is 5.60. The van der Waals surface area contributed by atoms with Gasteiger partial charge in [-0.1, -0.05) is 6.07 Å². The van der Waals surface area contributed by atoms with Gasteiger partial charge in [0.1, 0.15) is 0 Å². The average Bonchev–Trinajstić information content (AvgIpc) is 2.75. The Morgan fingerprint density at radius 3 is 2.94 bits per heavy atom. The Hall–Kier alpha value is -1.26. The Labute approximate surface area is 104 Å². The fraction of sp³-hybridized carbons (Fsp3) is 0.417. The van der Waals surface area contributed by atoms with Crippen molar-refractivity contribution in [1.29, 1.82) is 0 Å². The van der Waals surface area contributed by atoms with Crippen molar-refractivity contribution < 1.29 is 19.0 Å². The summed E-state index contributed by atoms with van der Waals surface area (Å²) in [7, 11) is 1.55. The smallest absolute Gasteiger partial charge is 0.231 e. The van der Waals surface area contributed by atoms with Crippen molar-refractivity contribution in [3.8, 4) is 11.5 Å². The van der Waals surface area contributed by atoms with Crippen molar-refractivity contribution in [2.75, 3.05) is 20.5 Å². The van der Waals surface area contributed by atoms with Gasteiger partial charge in [0, 0.05) is 7.11 Å². The Bertz CT molecular complexity index is 419. The van der Waals surface area contributed by atoms with Crippen LogP contribution >= 0.6 is 11.6 Å². The first-order chi connectivity index (χ1) is 8.20. The first-order valence-corrected chi connectivity index (χ1v) is 5.65. The minimum atomic E-state index is -0.385. The van der Waals surface area contributed by atoms with Crippen LogP contribution in [0.5, 0.6) is 11.5 Å².